The Morgan fingerprint density at radius 2 is 2.00 bits per heavy atom. The predicted octanol–water partition coefficient (Wildman–Crippen LogP) is 3.20. The molecule has 5 heteroatoms. The molecule has 4 nitrogen and oxygen atoms in total. The summed E-state index contributed by atoms with van der Waals surface area (Å²) in [5.74, 6) is 0.783. The van der Waals surface area contributed by atoms with Gasteiger partial charge in [-0.05, 0) is 30.3 Å². The molecule has 1 aromatic carbocycles. The topological polar surface area (TPSA) is 58.1 Å². The fourth-order valence-electron chi connectivity index (χ4n) is 1.18. The Bertz CT molecular complexity index is 548. The van der Waals surface area contributed by atoms with Gasteiger partial charge in [0.25, 0.3) is 0 Å². The summed E-state index contributed by atoms with van der Waals surface area (Å²) in [6, 6.07) is 8.63. The normalized spacial score (nSPS) is 11.6. The van der Waals surface area contributed by atoms with E-state index >= 15 is 0 Å². The quantitative estimate of drug-likeness (QED) is 0.698. The first-order valence-electron chi connectivity index (χ1n) is 4.84. The van der Waals surface area contributed by atoms with Gasteiger partial charge in [0.05, 0.1) is 18.7 Å². The molecule has 0 saturated carbocycles. The van der Waals surface area contributed by atoms with Crippen LogP contribution < -0.4 is 0 Å². The van der Waals surface area contributed by atoms with Crippen molar-refractivity contribution in [2.75, 3.05) is 0 Å². The monoisotopic (exact) mass is 292 g/mol. The number of phenols is 1. The molecule has 0 radical (unpaired) electrons. The lowest BCUT2D eigenvalue weighted by atomic mass is 10.2. The van der Waals surface area contributed by atoms with E-state index in [1.807, 2.05) is 0 Å². The largest absolute Gasteiger partial charge is 0.507 e. The zero-order chi connectivity index (χ0) is 12.1. The number of aromatic hydroxyl groups is 1. The molecule has 0 atom stereocenters. The Labute approximate surface area is 106 Å². The number of hydrogen-bond donors (Lipinski definition) is 1. The molecule has 0 spiro atoms. The summed E-state index contributed by atoms with van der Waals surface area (Å²) in [5, 5.41) is 17.2. The summed E-state index contributed by atoms with van der Waals surface area (Å²) in [6.07, 6.45) is 4.52. The SMILES string of the molecule is Oc1ccc(Br)cc1/C=N/N=Cc1ccco1. The highest BCUT2D eigenvalue weighted by Crippen LogP contribution is 2.19. The van der Waals surface area contributed by atoms with Crippen LogP contribution in [0.3, 0.4) is 0 Å². The second kappa shape index (κ2) is 5.45. The minimum Gasteiger partial charge on any atom is -0.507 e. The zero-order valence-electron chi connectivity index (χ0n) is 8.75. The predicted molar refractivity (Wildman–Crippen MR) is 69.7 cm³/mol. The first kappa shape index (κ1) is 11.6. The maximum atomic E-state index is 9.54. The summed E-state index contributed by atoms with van der Waals surface area (Å²) in [6.45, 7) is 0. The van der Waals surface area contributed by atoms with Gasteiger partial charge in [0.1, 0.15) is 11.5 Å². The summed E-state index contributed by atoms with van der Waals surface area (Å²) < 4.78 is 5.92. The Morgan fingerprint density at radius 1 is 1.18 bits per heavy atom. The van der Waals surface area contributed by atoms with Gasteiger partial charge in [-0.3, -0.25) is 0 Å². The van der Waals surface area contributed by atoms with E-state index in [1.165, 1.54) is 12.4 Å². The Kier molecular flexibility index (Phi) is 3.72. The maximum Gasteiger partial charge on any atom is 0.146 e. The fourth-order valence-corrected chi connectivity index (χ4v) is 1.56. The average Bonchev–Trinajstić information content (AvgIpc) is 2.82. The van der Waals surface area contributed by atoms with Gasteiger partial charge in [-0.1, -0.05) is 15.9 Å². The van der Waals surface area contributed by atoms with E-state index in [0.717, 1.165) is 4.47 Å². The molecule has 1 heterocycles. The molecule has 0 saturated heterocycles. The molecule has 2 rings (SSSR count). The fraction of sp³-hybridized carbons (Fsp3) is 0. The van der Waals surface area contributed by atoms with Crippen molar-refractivity contribution in [3.8, 4) is 5.75 Å². The molecule has 0 aliphatic rings. The molecular weight excluding hydrogens is 284 g/mol. The van der Waals surface area contributed by atoms with Crippen molar-refractivity contribution < 1.29 is 9.52 Å². The van der Waals surface area contributed by atoms with Crippen molar-refractivity contribution in [3.63, 3.8) is 0 Å². The van der Waals surface area contributed by atoms with Crippen LogP contribution in [0.5, 0.6) is 5.75 Å². The van der Waals surface area contributed by atoms with Crippen LogP contribution in [-0.4, -0.2) is 17.5 Å². The van der Waals surface area contributed by atoms with Gasteiger partial charge < -0.3 is 9.52 Å². The van der Waals surface area contributed by atoms with E-state index in [-0.39, 0.29) is 5.75 Å². The molecule has 0 unspecified atom stereocenters. The second-order valence-electron chi connectivity index (χ2n) is 3.21. The molecule has 0 fully saturated rings. The van der Waals surface area contributed by atoms with Crippen molar-refractivity contribution in [2.24, 2.45) is 10.2 Å². The summed E-state index contributed by atoms with van der Waals surface area (Å²) in [5.41, 5.74) is 0.593. The van der Waals surface area contributed by atoms with Crippen LogP contribution in [0.15, 0.2) is 55.7 Å². The Balaban J connectivity index is 2.08. The van der Waals surface area contributed by atoms with E-state index in [0.29, 0.717) is 11.3 Å². The molecule has 86 valence electrons. The number of hydrogen-bond acceptors (Lipinski definition) is 4. The molecule has 0 aliphatic carbocycles. The van der Waals surface area contributed by atoms with E-state index in [9.17, 15) is 5.11 Å². The Morgan fingerprint density at radius 3 is 2.76 bits per heavy atom. The van der Waals surface area contributed by atoms with Gasteiger partial charge in [-0.15, -0.1) is 0 Å². The molecule has 2 aromatic rings. The van der Waals surface area contributed by atoms with Crippen LogP contribution >= 0.6 is 15.9 Å². The lowest BCUT2D eigenvalue weighted by Gasteiger charge is -1.97. The molecule has 0 aliphatic heterocycles. The number of rotatable bonds is 3. The van der Waals surface area contributed by atoms with E-state index in [4.69, 9.17) is 4.42 Å². The minimum atomic E-state index is 0.158. The molecule has 1 aromatic heterocycles. The number of halogens is 1. The van der Waals surface area contributed by atoms with Crippen LogP contribution in [0.25, 0.3) is 0 Å². The van der Waals surface area contributed by atoms with Crippen LogP contribution in [0, 0.1) is 0 Å². The van der Waals surface area contributed by atoms with Crippen LogP contribution in [0.2, 0.25) is 0 Å². The summed E-state index contributed by atoms with van der Waals surface area (Å²) in [7, 11) is 0. The van der Waals surface area contributed by atoms with Gasteiger partial charge in [0.2, 0.25) is 0 Å². The Hall–Kier alpha value is -1.88. The minimum absolute atomic E-state index is 0.158. The third-order valence-corrected chi connectivity index (χ3v) is 2.47. The van der Waals surface area contributed by atoms with E-state index in [2.05, 4.69) is 26.1 Å². The molecule has 0 amide bonds. The van der Waals surface area contributed by atoms with Gasteiger partial charge >= 0.3 is 0 Å². The average molecular weight is 293 g/mol. The van der Waals surface area contributed by atoms with Gasteiger partial charge in [-0.25, -0.2) is 0 Å². The first-order chi connectivity index (χ1) is 8.25. The van der Waals surface area contributed by atoms with Crippen LogP contribution in [0.1, 0.15) is 11.3 Å². The standard InChI is InChI=1S/C12H9BrN2O2/c13-10-3-4-12(16)9(6-10)7-14-15-8-11-2-1-5-17-11/h1-8,16H/b14-7+,15-8?. The van der Waals surface area contributed by atoms with E-state index < -0.39 is 0 Å². The lowest BCUT2D eigenvalue weighted by Crippen LogP contribution is -1.82. The van der Waals surface area contributed by atoms with Crippen molar-refractivity contribution in [1.82, 2.24) is 0 Å². The molecular formula is C12H9BrN2O2. The molecule has 17 heavy (non-hydrogen) atoms. The summed E-state index contributed by atoms with van der Waals surface area (Å²) >= 11 is 3.31. The lowest BCUT2D eigenvalue weighted by molar-refractivity contribution is 0.474. The zero-order valence-corrected chi connectivity index (χ0v) is 10.3. The summed E-state index contributed by atoms with van der Waals surface area (Å²) in [4.78, 5) is 0. The number of phenolic OH excluding ortho intramolecular Hbond substituents is 1. The van der Waals surface area contributed by atoms with Gasteiger partial charge in [-0.2, -0.15) is 10.2 Å². The first-order valence-corrected chi connectivity index (χ1v) is 5.63. The van der Waals surface area contributed by atoms with Crippen LogP contribution in [0.4, 0.5) is 0 Å². The third kappa shape index (κ3) is 3.29. The van der Waals surface area contributed by atoms with Crippen molar-refractivity contribution >= 4 is 28.4 Å². The van der Waals surface area contributed by atoms with Gasteiger partial charge in [0.15, 0.2) is 0 Å². The van der Waals surface area contributed by atoms with Gasteiger partial charge in [0, 0.05) is 10.0 Å². The smallest absolute Gasteiger partial charge is 0.146 e. The molecule has 1 N–H and O–H groups in total. The highest BCUT2D eigenvalue weighted by atomic mass is 79.9. The maximum absolute atomic E-state index is 9.54. The second-order valence-corrected chi connectivity index (χ2v) is 4.12. The van der Waals surface area contributed by atoms with E-state index in [1.54, 1.807) is 36.6 Å². The van der Waals surface area contributed by atoms with Crippen molar-refractivity contribution in [1.29, 1.82) is 0 Å². The van der Waals surface area contributed by atoms with Crippen molar-refractivity contribution in [3.05, 3.63) is 52.4 Å². The third-order valence-electron chi connectivity index (χ3n) is 1.98. The number of nitrogens with zero attached hydrogens (tertiary/aromatic N) is 2. The van der Waals surface area contributed by atoms with Crippen LogP contribution in [-0.2, 0) is 0 Å². The number of benzene rings is 1. The van der Waals surface area contributed by atoms with Crippen molar-refractivity contribution in [2.45, 2.75) is 0 Å². The highest BCUT2D eigenvalue weighted by Gasteiger charge is 1.97. The highest BCUT2D eigenvalue weighted by molar-refractivity contribution is 9.10. The number of furan rings is 1. The molecule has 0 bridgehead atoms.